The molecule has 1 aromatic rings. The van der Waals surface area contributed by atoms with Crippen molar-refractivity contribution in [2.75, 3.05) is 19.8 Å². The maximum Gasteiger partial charge on any atom is 0.207 e. The lowest BCUT2D eigenvalue weighted by molar-refractivity contribution is -0.284. The number of benzene rings is 1. The average Bonchev–Trinajstić information content (AvgIpc) is 2.40. The molecule has 3 nitrogen and oxygen atoms in total. The first-order valence-corrected chi connectivity index (χ1v) is 6.66. The first-order valence-electron chi connectivity index (χ1n) is 6.66. The third kappa shape index (κ3) is 2.58. The zero-order chi connectivity index (χ0) is 13.2. The molecule has 1 aliphatic heterocycles. The van der Waals surface area contributed by atoms with Crippen LogP contribution in [0.25, 0.3) is 0 Å². The Morgan fingerprint density at radius 3 is 2.22 bits per heavy atom. The fourth-order valence-corrected chi connectivity index (χ4v) is 2.17. The Hall–Kier alpha value is -0.900. The van der Waals surface area contributed by atoms with Crippen LogP contribution in [0.3, 0.4) is 0 Å². The van der Waals surface area contributed by atoms with E-state index in [1.165, 1.54) is 5.56 Å². The molecule has 0 aromatic heterocycles. The second kappa shape index (κ2) is 5.39. The van der Waals surface area contributed by atoms with Crippen molar-refractivity contribution < 1.29 is 9.47 Å². The van der Waals surface area contributed by atoms with Crippen molar-refractivity contribution >= 4 is 0 Å². The molecule has 2 N–H and O–H groups in total. The van der Waals surface area contributed by atoms with Gasteiger partial charge in [-0.2, -0.15) is 0 Å². The summed E-state index contributed by atoms with van der Waals surface area (Å²) in [5, 5.41) is 0. The van der Waals surface area contributed by atoms with Gasteiger partial charge in [-0.05, 0) is 11.5 Å². The van der Waals surface area contributed by atoms with Gasteiger partial charge in [-0.1, -0.05) is 45.0 Å². The van der Waals surface area contributed by atoms with E-state index < -0.39 is 5.79 Å². The molecule has 0 unspecified atom stereocenters. The second-order valence-corrected chi connectivity index (χ2v) is 5.46. The highest BCUT2D eigenvalue weighted by molar-refractivity contribution is 5.28. The average molecular weight is 249 g/mol. The summed E-state index contributed by atoms with van der Waals surface area (Å²) >= 11 is 0. The molecule has 1 fully saturated rings. The second-order valence-electron chi connectivity index (χ2n) is 5.46. The van der Waals surface area contributed by atoms with Crippen LogP contribution in [0, 0.1) is 5.92 Å². The van der Waals surface area contributed by atoms with Crippen LogP contribution in [-0.4, -0.2) is 19.8 Å². The van der Waals surface area contributed by atoms with Crippen LogP contribution in [0.15, 0.2) is 24.3 Å². The van der Waals surface area contributed by atoms with Crippen LogP contribution in [0.4, 0.5) is 0 Å². The molecule has 0 radical (unpaired) electrons. The van der Waals surface area contributed by atoms with E-state index in [4.69, 9.17) is 15.2 Å². The van der Waals surface area contributed by atoms with Gasteiger partial charge in [0.05, 0.1) is 19.8 Å². The van der Waals surface area contributed by atoms with Gasteiger partial charge in [-0.3, -0.25) is 0 Å². The monoisotopic (exact) mass is 249 g/mol. The molecule has 2 rings (SSSR count). The molecule has 100 valence electrons. The van der Waals surface area contributed by atoms with Gasteiger partial charge in [-0.15, -0.1) is 0 Å². The zero-order valence-electron chi connectivity index (χ0n) is 11.5. The van der Waals surface area contributed by atoms with E-state index in [9.17, 15) is 0 Å². The lowest BCUT2D eigenvalue weighted by Gasteiger charge is -2.39. The Balaban J connectivity index is 2.22. The predicted molar refractivity (Wildman–Crippen MR) is 72.3 cm³/mol. The standard InChI is InChI=1S/C15H23NO2/c1-11(2)13-4-6-14(7-5-13)15(10-16)17-8-12(3)9-18-15/h4-7,11-12H,8-10,16H2,1-3H3. The minimum Gasteiger partial charge on any atom is -0.344 e. The normalized spacial score (nSPS) is 28.6. The summed E-state index contributed by atoms with van der Waals surface area (Å²) in [6, 6.07) is 8.39. The lowest BCUT2D eigenvalue weighted by Crippen LogP contribution is -2.46. The molecule has 1 aliphatic rings. The highest BCUT2D eigenvalue weighted by Crippen LogP contribution is 2.32. The van der Waals surface area contributed by atoms with E-state index in [0.717, 1.165) is 5.56 Å². The van der Waals surface area contributed by atoms with E-state index in [0.29, 0.717) is 31.6 Å². The quantitative estimate of drug-likeness (QED) is 0.895. The summed E-state index contributed by atoms with van der Waals surface area (Å²) in [6.07, 6.45) is 0. The molecule has 1 heterocycles. The molecule has 0 aliphatic carbocycles. The molecule has 0 amide bonds. The third-order valence-corrected chi connectivity index (χ3v) is 3.49. The Morgan fingerprint density at radius 1 is 1.22 bits per heavy atom. The molecular weight excluding hydrogens is 226 g/mol. The highest BCUT2D eigenvalue weighted by atomic mass is 16.7. The summed E-state index contributed by atoms with van der Waals surface area (Å²) in [7, 11) is 0. The summed E-state index contributed by atoms with van der Waals surface area (Å²) < 4.78 is 11.7. The van der Waals surface area contributed by atoms with Crippen LogP contribution in [0.1, 0.15) is 37.8 Å². The van der Waals surface area contributed by atoms with Crippen LogP contribution in [-0.2, 0) is 15.3 Å². The first-order chi connectivity index (χ1) is 8.57. The summed E-state index contributed by atoms with van der Waals surface area (Å²) in [5.74, 6) is 0.211. The zero-order valence-corrected chi connectivity index (χ0v) is 11.5. The van der Waals surface area contributed by atoms with Crippen LogP contribution in [0.5, 0.6) is 0 Å². The van der Waals surface area contributed by atoms with Gasteiger partial charge in [0.1, 0.15) is 0 Å². The summed E-state index contributed by atoms with van der Waals surface area (Å²) in [4.78, 5) is 0. The number of hydrogen-bond acceptors (Lipinski definition) is 3. The molecular formula is C15H23NO2. The molecule has 18 heavy (non-hydrogen) atoms. The van der Waals surface area contributed by atoms with Crippen molar-refractivity contribution in [3.05, 3.63) is 35.4 Å². The van der Waals surface area contributed by atoms with Crippen molar-refractivity contribution in [2.24, 2.45) is 11.7 Å². The minimum absolute atomic E-state index is 0.348. The number of nitrogens with two attached hydrogens (primary N) is 1. The lowest BCUT2D eigenvalue weighted by atomic mass is 9.97. The van der Waals surface area contributed by atoms with Crippen molar-refractivity contribution in [2.45, 2.75) is 32.5 Å². The van der Waals surface area contributed by atoms with Gasteiger partial charge >= 0.3 is 0 Å². The van der Waals surface area contributed by atoms with Crippen molar-refractivity contribution in [3.63, 3.8) is 0 Å². The number of ether oxygens (including phenoxy) is 2. The Labute approximate surface area is 109 Å². The van der Waals surface area contributed by atoms with Crippen LogP contribution < -0.4 is 5.73 Å². The smallest absolute Gasteiger partial charge is 0.207 e. The van der Waals surface area contributed by atoms with Gasteiger partial charge in [0, 0.05) is 11.5 Å². The van der Waals surface area contributed by atoms with Gasteiger partial charge in [-0.25, -0.2) is 0 Å². The van der Waals surface area contributed by atoms with Gasteiger partial charge in [0.2, 0.25) is 5.79 Å². The fraction of sp³-hybridized carbons (Fsp3) is 0.600. The largest absolute Gasteiger partial charge is 0.344 e. The predicted octanol–water partition coefficient (Wildman–Crippen LogP) is 2.60. The molecule has 0 atom stereocenters. The minimum atomic E-state index is -0.748. The molecule has 1 saturated heterocycles. The molecule has 0 bridgehead atoms. The molecule has 0 saturated carbocycles. The van der Waals surface area contributed by atoms with E-state index >= 15 is 0 Å². The van der Waals surface area contributed by atoms with Crippen molar-refractivity contribution in [3.8, 4) is 0 Å². The Bertz CT molecular complexity index is 378. The number of hydrogen-bond donors (Lipinski definition) is 1. The first kappa shape index (κ1) is 13.5. The van der Waals surface area contributed by atoms with Gasteiger partial charge in [0.15, 0.2) is 0 Å². The number of rotatable bonds is 3. The van der Waals surface area contributed by atoms with Crippen LogP contribution >= 0.6 is 0 Å². The van der Waals surface area contributed by atoms with Gasteiger partial charge < -0.3 is 15.2 Å². The maximum absolute atomic E-state index is 5.87. The topological polar surface area (TPSA) is 44.5 Å². The van der Waals surface area contributed by atoms with Crippen molar-refractivity contribution in [1.82, 2.24) is 0 Å². The Morgan fingerprint density at radius 2 is 1.78 bits per heavy atom. The molecule has 0 spiro atoms. The maximum atomic E-state index is 5.87. The van der Waals surface area contributed by atoms with E-state index in [1.807, 2.05) is 0 Å². The van der Waals surface area contributed by atoms with E-state index in [-0.39, 0.29) is 0 Å². The molecule has 3 heteroatoms. The van der Waals surface area contributed by atoms with Gasteiger partial charge in [0.25, 0.3) is 0 Å². The highest BCUT2D eigenvalue weighted by Gasteiger charge is 2.37. The van der Waals surface area contributed by atoms with Crippen molar-refractivity contribution in [1.29, 1.82) is 0 Å². The van der Waals surface area contributed by atoms with E-state index in [1.54, 1.807) is 0 Å². The molecule has 1 aromatic carbocycles. The SMILES string of the molecule is CC1COC(CN)(c2ccc(C(C)C)cc2)OC1. The fourth-order valence-electron chi connectivity index (χ4n) is 2.17. The van der Waals surface area contributed by atoms with Crippen LogP contribution in [0.2, 0.25) is 0 Å². The Kier molecular flexibility index (Phi) is 4.05. The third-order valence-electron chi connectivity index (χ3n) is 3.49. The van der Waals surface area contributed by atoms with E-state index in [2.05, 4.69) is 45.0 Å². The summed E-state index contributed by atoms with van der Waals surface area (Å²) in [6.45, 7) is 8.22. The summed E-state index contributed by atoms with van der Waals surface area (Å²) in [5.41, 5.74) is 8.19.